The predicted octanol–water partition coefficient (Wildman–Crippen LogP) is 2.16. The highest BCUT2D eigenvalue weighted by molar-refractivity contribution is 5.60. The van der Waals surface area contributed by atoms with Crippen LogP contribution in [-0.4, -0.2) is 15.6 Å². The third-order valence-electron chi connectivity index (χ3n) is 3.50. The van der Waals surface area contributed by atoms with E-state index >= 15 is 0 Å². The van der Waals surface area contributed by atoms with Crippen molar-refractivity contribution in [3.8, 4) is 0 Å². The Morgan fingerprint density at radius 2 is 1.90 bits per heavy atom. The summed E-state index contributed by atoms with van der Waals surface area (Å²) in [6.07, 6.45) is 3.99. The largest absolute Gasteiger partial charge is 0.383 e. The van der Waals surface area contributed by atoms with Gasteiger partial charge < -0.3 is 11.1 Å². The number of nitrogens with zero attached hydrogens (tertiary/aromatic N) is 1. The summed E-state index contributed by atoms with van der Waals surface area (Å²) in [4.78, 5) is 26.0. The number of anilines is 2. The van der Waals surface area contributed by atoms with E-state index in [4.69, 9.17) is 5.73 Å². The maximum absolute atomic E-state index is 11.9. The molecule has 1 heterocycles. The summed E-state index contributed by atoms with van der Waals surface area (Å²) >= 11 is 0. The molecule has 1 unspecified atom stereocenters. The van der Waals surface area contributed by atoms with Crippen molar-refractivity contribution in [1.82, 2.24) is 9.55 Å². The van der Waals surface area contributed by atoms with Gasteiger partial charge in [0, 0.05) is 12.6 Å². The highest BCUT2D eigenvalue weighted by Gasteiger charge is 2.14. The number of aromatic amines is 1. The molecular formula is C15H28N4O2. The minimum Gasteiger partial charge on any atom is -0.383 e. The van der Waals surface area contributed by atoms with Gasteiger partial charge in [-0.3, -0.25) is 14.3 Å². The van der Waals surface area contributed by atoms with Crippen molar-refractivity contribution >= 4 is 11.5 Å². The molecule has 0 radical (unpaired) electrons. The summed E-state index contributed by atoms with van der Waals surface area (Å²) in [6, 6.07) is 0.139. The van der Waals surface area contributed by atoms with Crippen LogP contribution in [0, 0.1) is 5.92 Å². The summed E-state index contributed by atoms with van der Waals surface area (Å²) in [5, 5.41) is 3.15. The molecule has 0 aromatic carbocycles. The van der Waals surface area contributed by atoms with Crippen LogP contribution >= 0.6 is 0 Å². The Morgan fingerprint density at radius 3 is 2.48 bits per heavy atom. The molecule has 1 atom stereocenters. The molecule has 1 rings (SSSR count). The van der Waals surface area contributed by atoms with Crippen LogP contribution < -0.4 is 22.3 Å². The van der Waals surface area contributed by atoms with Gasteiger partial charge in [0.25, 0.3) is 5.56 Å². The zero-order valence-electron chi connectivity index (χ0n) is 13.5. The first-order valence-electron chi connectivity index (χ1n) is 7.75. The highest BCUT2D eigenvalue weighted by atomic mass is 16.2. The van der Waals surface area contributed by atoms with E-state index in [0.29, 0.717) is 18.2 Å². The Balaban J connectivity index is 2.85. The topological polar surface area (TPSA) is 92.9 Å². The van der Waals surface area contributed by atoms with E-state index < -0.39 is 11.2 Å². The smallest absolute Gasteiger partial charge is 0.330 e. The molecule has 120 valence electrons. The molecule has 0 spiro atoms. The van der Waals surface area contributed by atoms with E-state index in [1.165, 1.54) is 4.57 Å². The van der Waals surface area contributed by atoms with Crippen LogP contribution in [0.15, 0.2) is 9.59 Å². The zero-order valence-corrected chi connectivity index (χ0v) is 13.5. The maximum atomic E-state index is 11.9. The van der Waals surface area contributed by atoms with Gasteiger partial charge in [-0.15, -0.1) is 0 Å². The number of nitrogen functional groups attached to an aromatic ring is 1. The Morgan fingerprint density at radius 1 is 1.24 bits per heavy atom. The first-order chi connectivity index (χ1) is 9.86. The van der Waals surface area contributed by atoms with Crippen molar-refractivity contribution in [2.24, 2.45) is 5.92 Å². The van der Waals surface area contributed by atoms with Gasteiger partial charge in [0.1, 0.15) is 11.5 Å². The van der Waals surface area contributed by atoms with Crippen LogP contribution in [0.2, 0.25) is 0 Å². The van der Waals surface area contributed by atoms with E-state index in [9.17, 15) is 9.59 Å². The van der Waals surface area contributed by atoms with E-state index in [1.807, 2.05) is 13.8 Å². The number of nitrogens with one attached hydrogen (secondary N) is 2. The zero-order chi connectivity index (χ0) is 16.0. The number of hydrogen-bond acceptors (Lipinski definition) is 4. The van der Waals surface area contributed by atoms with Gasteiger partial charge in [-0.1, -0.05) is 33.6 Å². The number of aromatic nitrogens is 2. The summed E-state index contributed by atoms with van der Waals surface area (Å²) in [6.45, 7) is 8.87. The van der Waals surface area contributed by atoms with Crippen LogP contribution in [-0.2, 0) is 6.54 Å². The van der Waals surface area contributed by atoms with Crippen LogP contribution in [0.3, 0.4) is 0 Å². The molecule has 1 aromatic heterocycles. The lowest BCUT2D eigenvalue weighted by atomic mass is 10.0. The van der Waals surface area contributed by atoms with Gasteiger partial charge in [-0.05, 0) is 25.7 Å². The molecule has 6 nitrogen and oxygen atoms in total. The van der Waals surface area contributed by atoms with Crippen LogP contribution in [0.4, 0.5) is 11.5 Å². The molecule has 0 amide bonds. The molecule has 6 heteroatoms. The molecule has 4 N–H and O–H groups in total. The van der Waals surface area contributed by atoms with Crippen LogP contribution in [0.1, 0.15) is 53.4 Å². The summed E-state index contributed by atoms with van der Waals surface area (Å²) in [7, 11) is 0. The standard InChI is InChI=1S/C15H28N4O2/c1-5-9-19-13(16)12(14(20)18-15(19)21)17-11(4)8-6-7-10(2)3/h10-11,17H,5-9,16H2,1-4H3,(H,18,20,21). The van der Waals surface area contributed by atoms with Gasteiger partial charge >= 0.3 is 5.69 Å². The molecular weight excluding hydrogens is 268 g/mol. The Kier molecular flexibility index (Phi) is 6.52. The average Bonchev–Trinajstić information content (AvgIpc) is 2.39. The minimum absolute atomic E-state index is 0.139. The SMILES string of the molecule is CCCn1c(N)c(NC(C)CCCC(C)C)c(=O)[nH]c1=O. The number of H-pyrrole nitrogens is 1. The van der Waals surface area contributed by atoms with Gasteiger partial charge in [-0.2, -0.15) is 0 Å². The summed E-state index contributed by atoms with van der Waals surface area (Å²) in [5.41, 5.74) is 5.39. The quantitative estimate of drug-likeness (QED) is 0.685. The third-order valence-corrected chi connectivity index (χ3v) is 3.50. The van der Waals surface area contributed by atoms with Crippen LogP contribution in [0.5, 0.6) is 0 Å². The Bertz CT molecular complexity index is 560. The lowest BCUT2D eigenvalue weighted by molar-refractivity contribution is 0.520. The minimum atomic E-state index is -0.447. The second kappa shape index (κ2) is 7.90. The monoisotopic (exact) mass is 296 g/mol. The third kappa shape index (κ3) is 4.95. The second-order valence-corrected chi connectivity index (χ2v) is 6.04. The van der Waals surface area contributed by atoms with Crippen molar-refractivity contribution in [2.45, 2.75) is 66.0 Å². The number of rotatable bonds is 8. The van der Waals surface area contributed by atoms with Gasteiger partial charge in [0.2, 0.25) is 0 Å². The van der Waals surface area contributed by atoms with E-state index in [2.05, 4.69) is 24.1 Å². The fourth-order valence-electron chi connectivity index (χ4n) is 2.32. The van der Waals surface area contributed by atoms with Crippen molar-refractivity contribution in [1.29, 1.82) is 0 Å². The van der Waals surface area contributed by atoms with Crippen molar-refractivity contribution < 1.29 is 0 Å². The van der Waals surface area contributed by atoms with E-state index in [1.54, 1.807) is 0 Å². The van der Waals surface area contributed by atoms with E-state index in [0.717, 1.165) is 25.7 Å². The maximum Gasteiger partial charge on any atom is 0.330 e. The molecule has 0 saturated carbocycles. The number of hydrogen-bond donors (Lipinski definition) is 3. The Labute approximate surface area is 125 Å². The van der Waals surface area contributed by atoms with Crippen LogP contribution in [0.25, 0.3) is 0 Å². The van der Waals surface area contributed by atoms with E-state index in [-0.39, 0.29) is 11.9 Å². The highest BCUT2D eigenvalue weighted by Crippen LogP contribution is 2.15. The summed E-state index contributed by atoms with van der Waals surface area (Å²) in [5.74, 6) is 0.901. The summed E-state index contributed by atoms with van der Waals surface area (Å²) < 4.78 is 1.41. The Hall–Kier alpha value is -1.72. The molecule has 0 fully saturated rings. The fraction of sp³-hybridized carbons (Fsp3) is 0.733. The van der Waals surface area contributed by atoms with Gasteiger partial charge in [0.05, 0.1) is 0 Å². The normalized spacial score (nSPS) is 12.6. The molecule has 0 aliphatic carbocycles. The van der Waals surface area contributed by atoms with Crippen molar-refractivity contribution in [3.05, 3.63) is 20.8 Å². The molecule has 0 saturated heterocycles. The van der Waals surface area contributed by atoms with Gasteiger partial charge in [-0.25, -0.2) is 4.79 Å². The fourth-order valence-corrected chi connectivity index (χ4v) is 2.32. The van der Waals surface area contributed by atoms with Gasteiger partial charge in [0.15, 0.2) is 0 Å². The predicted molar refractivity (Wildman–Crippen MR) is 87.8 cm³/mol. The molecule has 1 aromatic rings. The molecule has 21 heavy (non-hydrogen) atoms. The molecule has 0 aliphatic heterocycles. The lowest BCUT2D eigenvalue weighted by Crippen LogP contribution is -2.35. The first kappa shape index (κ1) is 17.3. The molecule has 0 bridgehead atoms. The first-order valence-corrected chi connectivity index (χ1v) is 7.75. The second-order valence-electron chi connectivity index (χ2n) is 6.04. The van der Waals surface area contributed by atoms with Crippen molar-refractivity contribution in [2.75, 3.05) is 11.1 Å². The molecule has 0 aliphatic rings. The average molecular weight is 296 g/mol. The lowest BCUT2D eigenvalue weighted by Gasteiger charge is -2.18. The number of nitrogens with two attached hydrogens (primary N) is 1. The van der Waals surface area contributed by atoms with Crippen molar-refractivity contribution in [3.63, 3.8) is 0 Å².